The van der Waals surface area contributed by atoms with Crippen LogP contribution in [0.1, 0.15) is 39.0 Å². The topological polar surface area (TPSA) is 3.24 Å². The van der Waals surface area contributed by atoms with E-state index in [1.54, 1.807) is 11.0 Å². The molecule has 0 aromatic heterocycles. The number of nitrogens with zero attached hydrogens (tertiary/aromatic N) is 1. The van der Waals surface area contributed by atoms with Crippen molar-refractivity contribution < 1.29 is 17.1 Å². The van der Waals surface area contributed by atoms with Gasteiger partial charge < -0.3 is 4.90 Å². The summed E-state index contributed by atoms with van der Waals surface area (Å²) in [5.41, 5.74) is 2.48. The first-order valence-corrected chi connectivity index (χ1v) is 12.0. The minimum Gasteiger partial charge on any atom is -0.306 e. The minimum atomic E-state index is -0.237. The van der Waals surface area contributed by atoms with Gasteiger partial charge in [-0.05, 0) is 96.2 Å². The molecule has 0 bridgehead atoms. The molecule has 0 N–H and O–H groups in total. The number of benzene rings is 1. The van der Waals surface area contributed by atoms with Crippen molar-refractivity contribution in [1.29, 1.82) is 0 Å². The van der Waals surface area contributed by atoms with Gasteiger partial charge in [-0.1, -0.05) is 57.5 Å². The number of hydrogen-bond acceptors (Lipinski definition) is 1. The third kappa shape index (κ3) is 7.35. The number of rotatable bonds is 5. The van der Waals surface area contributed by atoms with Gasteiger partial charge in [0.05, 0.1) is 0 Å². The first-order valence-electron chi connectivity index (χ1n) is 10.6. The maximum Gasteiger partial charge on any atom is 2.00 e. The largest absolute Gasteiger partial charge is 2.00 e. The van der Waals surface area contributed by atoms with E-state index in [4.69, 9.17) is 0 Å². The molecule has 1 nitrogen and oxygen atoms in total. The van der Waals surface area contributed by atoms with Crippen LogP contribution in [0.3, 0.4) is 0 Å². The molecule has 3 fully saturated rings. The molecule has 0 saturated heterocycles. The van der Waals surface area contributed by atoms with Gasteiger partial charge in [-0.15, -0.1) is 0 Å². The summed E-state index contributed by atoms with van der Waals surface area (Å²) >= 11 is 0. The van der Waals surface area contributed by atoms with Crippen molar-refractivity contribution in [2.75, 3.05) is 14.1 Å². The molecule has 0 aliphatic heterocycles. The van der Waals surface area contributed by atoms with Gasteiger partial charge >= 0.3 is 17.1 Å². The second-order valence-corrected chi connectivity index (χ2v) is 10.4. The van der Waals surface area contributed by atoms with E-state index >= 15 is 0 Å². The minimum absolute atomic E-state index is 0. The van der Waals surface area contributed by atoms with Gasteiger partial charge in [0.1, 0.15) is 0 Å². The van der Waals surface area contributed by atoms with Gasteiger partial charge in [-0.2, -0.15) is 0 Å². The molecule has 4 rings (SSSR count). The summed E-state index contributed by atoms with van der Waals surface area (Å²) in [5, 5.41) is 1.56. The van der Waals surface area contributed by atoms with E-state index in [0.717, 1.165) is 5.66 Å². The molecule has 10 radical (unpaired) electrons. The second kappa shape index (κ2) is 13.5. The normalized spacial score (nSPS) is 23.3. The summed E-state index contributed by atoms with van der Waals surface area (Å²) in [6.07, 6.45) is 24.1. The monoisotopic (exact) mass is 447 g/mol. The van der Waals surface area contributed by atoms with Crippen LogP contribution in [-0.2, 0) is 17.1 Å². The standard InChI is InChI=1S/C21H29NP.C5H5.Fe/c1-17(22(2)3)20-15-10-16-21(20)23(18-11-6-4-7-12-18)19-13-8-5-9-14-19;1-2-4-5-3-1;/h4,6-7,10-12,15-17,19H,5,8-9,13-14H2,1-3H3;1-5H;/q;;+2/t17-,23-;;/m1../s1. The predicted molar refractivity (Wildman–Crippen MR) is 124 cm³/mol. The van der Waals surface area contributed by atoms with Crippen LogP contribution in [0.4, 0.5) is 0 Å². The molecule has 29 heavy (non-hydrogen) atoms. The Balaban J connectivity index is 0.000000437. The summed E-state index contributed by atoms with van der Waals surface area (Å²) in [6, 6.07) is 11.8. The fraction of sp³-hybridized carbons (Fsp3) is 0.385. The maximum absolute atomic E-state index is 2.41. The van der Waals surface area contributed by atoms with Crippen molar-refractivity contribution in [1.82, 2.24) is 4.90 Å². The maximum atomic E-state index is 2.41. The van der Waals surface area contributed by atoms with E-state index < -0.39 is 0 Å². The van der Waals surface area contributed by atoms with Gasteiger partial charge in [0.25, 0.3) is 0 Å². The number of hydrogen-bond donors (Lipinski definition) is 0. The molecule has 1 aromatic rings. The molecule has 0 heterocycles. The van der Waals surface area contributed by atoms with E-state index in [2.05, 4.69) is 75.5 Å². The molecular formula is C26H34FeNP+2. The summed E-state index contributed by atoms with van der Waals surface area (Å²) < 4.78 is 0. The summed E-state index contributed by atoms with van der Waals surface area (Å²) in [7, 11) is 4.14. The Morgan fingerprint density at radius 2 is 1.41 bits per heavy atom. The molecule has 0 unspecified atom stereocenters. The van der Waals surface area contributed by atoms with Gasteiger partial charge in [0, 0.05) is 17.6 Å². The van der Waals surface area contributed by atoms with Crippen molar-refractivity contribution in [3.05, 3.63) is 93.3 Å². The van der Waals surface area contributed by atoms with Crippen LogP contribution >= 0.6 is 7.92 Å². The molecule has 154 valence electrons. The van der Waals surface area contributed by atoms with Crippen molar-refractivity contribution in [2.45, 2.75) is 50.7 Å². The fourth-order valence-electron chi connectivity index (χ4n) is 4.07. The van der Waals surface area contributed by atoms with E-state index in [9.17, 15) is 0 Å². The van der Waals surface area contributed by atoms with Crippen molar-refractivity contribution in [3.8, 4) is 0 Å². The van der Waals surface area contributed by atoms with E-state index in [1.165, 1.54) is 38.0 Å². The summed E-state index contributed by atoms with van der Waals surface area (Å²) in [6.45, 7) is 2.33. The van der Waals surface area contributed by atoms with Gasteiger partial charge in [-0.25, -0.2) is 0 Å². The average Bonchev–Trinajstić information content (AvgIpc) is 3.45. The predicted octanol–water partition coefficient (Wildman–Crippen LogP) is 5.83. The Hall–Kier alpha value is 0.129. The Morgan fingerprint density at radius 1 is 0.828 bits per heavy atom. The van der Waals surface area contributed by atoms with Gasteiger partial charge in [-0.3, -0.25) is 0 Å². The van der Waals surface area contributed by atoms with Gasteiger partial charge in [0.15, 0.2) is 0 Å². The quantitative estimate of drug-likeness (QED) is 0.406. The van der Waals surface area contributed by atoms with E-state index in [-0.39, 0.29) is 25.0 Å². The zero-order valence-corrected chi connectivity index (χ0v) is 19.9. The molecule has 3 heteroatoms. The Labute approximate surface area is 193 Å². The third-order valence-electron chi connectivity index (χ3n) is 5.84. The summed E-state index contributed by atoms with van der Waals surface area (Å²) in [5.74, 6) is 1.54. The second-order valence-electron chi connectivity index (χ2n) is 7.97. The van der Waals surface area contributed by atoms with Gasteiger partial charge in [0.2, 0.25) is 0 Å². The first-order chi connectivity index (χ1) is 13.7. The Kier molecular flexibility index (Phi) is 11.8. The molecule has 3 saturated carbocycles. The van der Waals surface area contributed by atoms with Crippen LogP contribution in [0.25, 0.3) is 0 Å². The van der Waals surface area contributed by atoms with Crippen LogP contribution in [0.15, 0.2) is 30.3 Å². The summed E-state index contributed by atoms with van der Waals surface area (Å²) in [4.78, 5) is 2.33. The van der Waals surface area contributed by atoms with E-state index in [1.807, 2.05) is 32.1 Å². The molecule has 3 aliphatic carbocycles. The third-order valence-corrected chi connectivity index (χ3v) is 8.87. The van der Waals surface area contributed by atoms with Crippen molar-refractivity contribution in [2.24, 2.45) is 0 Å². The van der Waals surface area contributed by atoms with Crippen LogP contribution in [0, 0.1) is 62.9 Å². The molecule has 3 aliphatic rings. The van der Waals surface area contributed by atoms with Crippen LogP contribution in [0.5, 0.6) is 0 Å². The molecule has 1 aromatic carbocycles. The Bertz CT molecular complexity index is 531. The fourth-order valence-corrected chi connectivity index (χ4v) is 7.32. The molecule has 2 atom stereocenters. The molecular weight excluding hydrogens is 413 g/mol. The Morgan fingerprint density at radius 3 is 1.97 bits per heavy atom. The van der Waals surface area contributed by atoms with Crippen LogP contribution in [-0.4, -0.2) is 30.7 Å². The average molecular weight is 447 g/mol. The molecule has 0 amide bonds. The SMILES string of the molecule is C[C@H]([C]1[CH][CH][CH][C]1[P@](c1ccccc1)C1CCCCC1)N(C)C.[CH]1[CH][CH][CH][CH]1.[Fe+2]. The zero-order valence-electron chi connectivity index (χ0n) is 17.9. The van der Waals surface area contributed by atoms with Crippen molar-refractivity contribution >= 4 is 13.2 Å². The van der Waals surface area contributed by atoms with E-state index in [0.29, 0.717) is 6.04 Å². The van der Waals surface area contributed by atoms with Crippen molar-refractivity contribution in [3.63, 3.8) is 0 Å². The zero-order chi connectivity index (χ0) is 19.8. The van der Waals surface area contributed by atoms with Crippen LogP contribution in [0.2, 0.25) is 0 Å². The molecule has 0 spiro atoms. The smallest absolute Gasteiger partial charge is 0.306 e. The van der Waals surface area contributed by atoms with Crippen LogP contribution < -0.4 is 5.30 Å². The first kappa shape index (κ1) is 25.4.